The normalized spacial score (nSPS) is 15.6. The van der Waals surface area contributed by atoms with Crippen molar-refractivity contribution < 1.29 is 8.78 Å². The summed E-state index contributed by atoms with van der Waals surface area (Å²) in [6, 6.07) is 2.47. The average Bonchev–Trinajstić information content (AvgIpc) is 3.20. The Bertz CT molecular complexity index is 955. The molecule has 1 aliphatic rings. The third-order valence-corrected chi connectivity index (χ3v) is 5.74. The van der Waals surface area contributed by atoms with E-state index >= 15 is 0 Å². The van der Waals surface area contributed by atoms with E-state index in [4.69, 9.17) is 0 Å². The molecule has 3 aromatic heterocycles. The van der Waals surface area contributed by atoms with Crippen molar-refractivity contribution >= 4 is 22.4 Å². The molecule has 1 aliphatic heterocycles. The Morgan fingerprint density at radius 2 is 1.72 bits per heavy atom. The third kappa shape index (κ3) is 4.89. The first-order valence-electron chi connectivity index (χ1n) is 9.41. The first kappa shape index (κ1) is 19.7. The Balaban J connectivity index is 1.35. The van der Waals surface area contributed by atoms with Crippen LogP contribution in [0.25, 0.3) is 10.6 Å². The van der Waals surface area contributed by atoms with Crippen molar-refractivity contribution in [3.8, 4) is 10.6 Å². The number of halogens is 2. The summed E-state index contributed by atoms with van der Waals surface area (Å²) in [6.07, 6.45) is 5.18. The summed E-state index contributed by atoms with van der Waals surface area (Å²) in [6.45, 7) is 8.41. The minimum atomic E-state index is -1.12. The summed E-state index contributed by atoms with van der Waals surface area (Å²) in [5, 5.41) is 3.58. The van der Waals surface area contributed by atoms with E-state index in [-0.39, 0.29) is 0 Å². The molecule has 10 heteroatoms. The first-order chi connectivity index (χ1) is 14.1. The summed E-state index contributed by atoms with van der Waals surface area (Å²) in [5.74, 6) is -1.67. The molecule has 0 spiro atoms. The highest BCUT2D eigenvalue weighted by atomic mass is 32.1. The number of aromatic nitrogens is 4. The number of anilines is 2. The van der Waals surface area contributed by atoms with Gasteiger partial charge in [-0.25, -0.2) is 24.3 Å². The van der Waals surface area contributed by atoms with Crippen molar-refractivity contribution in [3.63, 3.8) is 0 Å². The number of hydrogen-bond donors (Lipinski definition) is 1. The predicted octanol–water partition coefficient (Wildman–Crippen LogP) is 3.15. The fourth-order valence-corrected chi connectivity index (χ4v) is 3.90. The van der Waals surface area contributed by atoms with E-state index in [1.807, 2.05) is 12.4 Å². The average molecular weight is 417 g/mol. The molecule has 4 rings (SSSR count). The molecule has 0 saturated carbocycles. The van der Waals surface area contributed by atoms with Crippen LogP contribution in [0.4, 0.5) is 19.9 Å². The van der Waals surface area contributed by atoms with Gasteiger partial charge in [-0.2, -0.15) is 4.39 Å². The van der Waals surface area contributed by atoms with Gasteiger partial charge in [-0.05, 0) is 18.7 Å². The highest BCUT2D eigenvalue weighted by Crippen LogP contribution is 2.29. The number of thiazole rings is 1. The molecule has 1 saturated heterocycles. The van der Waals surface area contributed by atoms with Crippen LogP contribution in [0, 0.1) is 11.8 Å². The SMILES string of the molecule is CCN1CCN(Cc2cnc(Nc3ncc(-c4ccc(F)c(F)n4)s3)nc2)CC1. The van der Waals surface area contributed by atoms with E-state index in [1.54, 1.807) is 6.20 Å². The minimum absolute atomic E-state index is 0.328. The smallest absolute Gasteiger partial charge is 0.249 e. The largest absolute Gasteiger partial charge is 0.301 e. The van der Waals surface area contributed by atoms with Crippen LogP contribution >= 0.6 is 11.3 Å². The second kappa shape index (κ2) is 8.85. The van der Waals surface area contributed by atoms with Crippen LogP contribution < -0.4 is 5.32 Å². The Morgan fingerprint density at radius 1 is 1.00 bits per heavy atom. The van der Waals surface area contributed by atoms with Crippen LogP contribution in [0.5, 0.6) is 0 Å². The molecular formula is C19H21F2N7S. The second-order valence-electron chi connectivity index (χ2n) is 6.75. The maximum atomic E-state index is 13.3. The Hall–Kier alpha value is -2.56. The Kier molecular flexibility index (Phi) is 6.02. The lowest BCUT2D eigenvalue weighted by Gasteiger charge is -2.33. The number of nitrogens with one attached hydrogen (secondary N) is 1. The van der Waals surface area contributed by atoms with Crippen molar-refractivity contribution in [2.45, 2.75) is 13.5 Å². The van der Waals surface area contributed by atoms with Crippen LogP contribution in [0.1, 0.15) is 12.5 Å². The van der Waals surface area contributed by atoms with Gasteiger partial charge in [-0.15, -0.1) is 0 Å². The van der Waals surface area contributed by atoms with Gasteiger partial charge in [0.05, 0.1) is 10.6 Å². The molecular weight excluding hydrogens is 396 g/mol. The highest BCUT2D eigenvalue weighted by molar-refractivity contribution is 7.18. The molecule has 7 nitrogen and oxygen atoms in total. The zero-order valence-corrected chi connectivity index (χ0v) is 16.8. The minimum Gasteiger partial charge on any atom is -0.301 e. The van der Waals surface area contributed by atoms with Gasteiger partial charge < -0.3 is 10.2 Å². The molecule has 0 unspecified atom stereocenters. The number of nitrogens with zero attached hydrogens (tertiary/aromatic N) is 6. The van der Waals surface area contributed by atoms with E-state index in [1.165, 1.54) is 17.4 Å². The molecule has 1 fully saturated rings. The van der Waals surface area contributed by atoms with Crippen molar-refractivity contribution in [2.75, 3.05) is 38.0 Å². The Labute approximate surface area is 171 Å². The molecule has 152 valence electrons. The molecule has 4 heterocycles. The molecule has 29 heavy (non-hydrogen) atoms. The van der Waals surface area contributed by atoms with Crippen LogP contribution in [-0.2, 0) is 6.54 Å². The Morgan fingerprint density at radius 3 is 2.41 bits per heavy atom. The third-order valence-electron chi connectivity index (χ3n) is 4.80. The van der Waals surface area contributed by atoms with Crippen molar-refractivity contribution in [1.82, 2.24) is 29.7 Å². The van der Waals surface area contributed by atoms with E-state index in [9.17, 15) is 8.78 Å². The summed E-state index contributed by atoms with van der Waals surface area (Å²) >= 11 is 1.26. The lowest BCUT2D eigenvalue weighted by Crippen LogP contribution is -2.45. The van der Waals surface area contributed by atoms with E-state index < -0.39 is 11.8 Å². The lowest BCUT2D eigenvalue weighted by atomic mass is 10.2. The fourth-order valence-electron chi connectivity index (χ4n) is 3.12. The van der Waals surface area contributed by atoms with E-state index in [0.717, 1.165) is 50.9 Å². The number of piperazine rings is 1. The summed E-state index contributed by atoms with van der Waals surface area (Å²) < 4.78 is 26.4. The molecule has 0 atom stereocenters. The van der Waals surface area contributed by atoms with Gasteiger partial charge in [-0.1, -0.05) is 18.3 Å². The maximum Gasteiger partial charge on any atom is 0.249 e. The van der Waals surface area contributed by atoms with Gasteiger partial charge in [0.1, 0.15) is 0 Å². The highest BCUT2D eigenvalue weighted by Gasteiger charge is 2.16. The van der Waals surface area contributed by atoms with Crippen LogP contribution in [0.15, 0.2) is 30.7 Å². The van der Waals surface area contributed by atoms with Crippen molar-refractivity contribution in [1.29, 1.82) is 0 Å². The molecule has 3 aromatic rings. The van der Waals surface area contributed by atoms with Gasteiger partial charge in [0.25, 0.3) is 0 Å². The van der Waals surface area contributed by atoms with Gasteiger partial charge in [0, 0.05) is 56.9 Å². The quantitative estimate of drug-likeness (QED) is 0.618. The molecule has 0 amide bonds. The summed E-state index contributed by atoms with van der Waals surface area (Å²) in [5.41, 5.74) is 1.39. The summed E-state index contributed by atoms with van der Waals surface area (Å²) in [4.78, 5) is 22.0. The predicted molar refractivity (Wildman–Crippen MR) is 108 cm³/mol. The number of pyridine rings is 1. The zero-order chi connectivity index (χ0) is 20.2. The molecule has 0 radical (unpaired) electrons. The maximum absolute atomic E-state index is 13.3. The van der Waals surface area contributed by atoms with Gasteiger partial charge in [0.15, 0.2) is 10.9 Å². The lowest BCUT2D eigenvalue weighted by molar-refractivity contribution is 0.132. The first-order valence-corrected chi connectivity index (χ1v) is 10.2. The standard InChI is InChI=1S/C19H21F2N7S/c1-2-27-5-7-28(8-6-27)12-13-9-22-18(23-10-13)26-19-24-11-16(29-19)15-4-3-14(20)17(21)25-15/h3-4,9-11H,2,5-8,12H2,1H3,(H,22,23,24,26). The zero-order valence-electron chi connectivity index (χ0n) is 16.0. The van der Waals surface area contributed by atoms with E-state index in [2.05, 4.69) is 42.0 Å². The second-order valence-corrected chi connectivity index (χ2v) is 7.78. The number of hydrogen-bond acceptors (Lipinski definition) is 8. The van der Waals surface area contributed by atoms with Crippen LogP contribution in [0.2, 0.25) is 0 Å². The molecule has 0 bridgehead atoms. The number of rotatable bonds is 6. The van der Waals surface area contributed by atoms with Gasteiger partial charge in [-0.3, -0.25) is 4.90 Å². The van der Waals surface area contributed by atoms with Crippen molar-refractivity contribution in [3.05, 3.63) is 48.1 Å². The van der Waals surface area contributed by atoms with Gasteiger partial charge in [0.2, 0.25) is 11.9 Å². The van der Waals surface area contributed by atoms with Gasteiger partial charge >= 0.3 is 0 Å². The van der Waals surface area contributed by atoms with Crippen LogP contribution in [0.3, 0.4) is 0 Å². The fraction of sp³-hybridized carbons (Fsp3) is 0.368. The topological polar surface area (TPSA) is 70.1 Å². The molecule has 0 aliphatic carbocycles. The molecule has 0 aromatic carbocycles. The molecule has 1 N–H and O–H groups in total. The summed E-state index contributed by atoms with van der Waals surface area (Å²) in [7, 11) is 0. The van der Waals surface area contributed by atoms with E-state index in [0.29, 0.717) is 21.7 Å². The van der Waals surface area contributed by atoms with Crippen molar-refractivity contribution in [2.24, 2.45) is 0 Å². The monoisotopic (exact) mass is 417 g/mol. The number of likely N-dealkylation sites (N-methyl/N-ethyl adjacent to an activating group) is 1. The van der Waals surface area contributed by atoms with Crippen LogP contribution in [-0.4, -0.2) is 62.5 Å².